The van der Waals surface area contributed by atoms with E-state index in [1.165, 1.54) is 6.07 Å². The molecule has 3 rings (SSSR count). The van der Waals surface area contributed by atoms with E-state index in [4.69, 9.17) is 9.84 Å². The number of benzene rings is 2. The highest BCUT2D eigenvalue weighted by Gasteiger charge is 2.16. The predicted molar refractivity (Wildman–Crippen MR) is 99.6 cm³/mol. The first-order valence-corrected chi connectivity index (χ1v) is 8.48. The molecule has 0 aliphatic carbocycles. The van der Waals surface area contributed by atoms with Gasteiger partial charge in [-0.1, -0.05) is 30.3 Å². The van der Waals surface area contributed by atoms with Crippen LogP contribution in [0.4, 0.5) is 4.79 Å². The van der Waals surface area contributed by atoms with Crippen LogP contribution in [0.2, 0.25) is 0 Å². The lowest BCUT2D eigenvalue weighted by atomic mass is 10.0. The number of carbonyl (C=O) groups excluding carboxylic acids is 1. The lowest BCUT2D eigenvalue weighted by molar-refractivity contribution is 0.0697. The van der Waals surface area contributed by atoms with Crippen LogP contribution in [0.5, 0.6) is 0 Å². The average molecular weight is 368 g/mol. The maximum absolute atomic E-state index is 12.0. The van der Waals surface area contributed by atoms with Crippen LogP contribution in [0, 0.1) is 0 Å². The van der Waals surface area contributed by atoms with Crippen molar-refractivity contribution in [2.75, 3.05) is 6.61 Å². The number of ether oxygens (including phenoxy) is 1. The molecule has 1 heterocycles. The van der Waals surface area contributed by atoms with Gasteiger partial charge in [0, 0.05) is 17.1 Å². The molecule has 0 radical (unpaired) electrons. The third-order valence-corrected chi connectivity index (χ3v) is 4.24. The predicted octanol–water partition coefficient (Wildman–Crippen LogP) is 2.70. The Kier molecular flexibility index (Phi) is 5.73. The molecule has 4 N–H and O–H groups in total. The van der Waals surface area contributed by atoms with Crippen molar-refractivity contribution in [2.45, 2.75) is 19.1 Å². The standard InChI is InChI=1S/C20H20N2O5/c23-11-16(22-20(26)27-12-13-4-2-1-3-5-13)8-15-10-21-18-7-6-14(19(24)25)9-17(15)18/h1-7,9-10,16,21,23H,8,11-12H2,(H,22,26)(H,24,25)/t16-/m0/s1. The maximum atomic E-state index is 12.0. The number of aliphatic hydroxyl groups is 1. The third-order valence-electron chi connectivity index (χ3n) is 4.24. The van der Waals surface area contributed by atoms with E-state index in [9.17, 15) is 14.7 Å². The number of rotatable bonds is 7. The Morgan fingerprint density at radius 1 is 1.15 bits per heavy atom. The second-order valence-electron chi connectivity index (χ2n) is 6.17. The van der Waals surface area contributed by atoms with E-state index in [1.807, 2.05) is 30.3 Å². The van der Waals surface area contributed by atoms with E-state index in [2.05, 4.69) is 10.3 Å². The Morgan fingerprint density at radius 2 is 1.93 bits per heavy atom. The number of hydrogen-bond donors (Lipinski definition) is 4. The number of H-pyrrole nitrogens is 1. The molecule has 0 saturated carbocycles. The molecule has 0 aliphatic heterocycles. The van der Waals surface area contributed by atoms with E-state index in [0.29, 0.717) is 6.42 Å². The molecule has 3 aromatic rings. The molecule has 0 fully saturated rings. The van der Waals surface area contributed by atoms with Gasteiger partial charge in [0.1, 0.15) is 6.61 Å². The number of amides is 1. The number of aromatic carboxylic acids is 1. The van der Waals surface area contributed by atoms with Gasteiger partial charge in [-0.25, -0.2) is 9.59 Å². The van der Waals surface area contributed by atoms with Gasteiger partial charge in [0.05, 0.1) is 18.2 Å². The van der Waals surface area contributed by atoms with Crippen molar-refractivity contribution in [1.29, 1.82) is 0 Å². The first kappa shape index (κ1) is 18.5. The van der Waals surface area contributed by atoms with Gasteiger partial charge in [0.15, 0.2) is 0 Å². The highest BCUT2D eigenvalue weighted by Crippen LogP contribution is 2.21. The molecule has 0 aliphatic rings. The molecule has 1 amide bonds. The second-order valence-corrected chi connectivity index (χ2v) is 6.17. The number of aromatic amines is 1. The molecule has 0 spiro atoms. The lowest BCUT2D eigenvalue weighted by Gasteiger charge is -2.16. The number of carboxylic acid groups (broad SMARTS) is 1. The summed E-state index contributed by atoms with van der Waals surface area (Å²) in [6.45, 7) is -0.133. The Morgan fingerprint density at radius 3 is 2.63 bits per heavy atom. The SMILES string of the molecule is O=C(N[C@H](CO)Cc1c[nH]c2ccc(C(=O)O)cc12)OCc1ccccc1. The van der Waals surface area contributed by atoms with E-state index in [1.54, 1.807) is 18.3 Å². The summed E-state index contributed by atoms with van der Waals surface area (Å²) in [6, 6.07) is 13.5. The Balaban J connectivity index is 1.64. The smallest absolute Gasteiger partial charge is 0.407 e. The molecule has 2 aromatic carbocycles. The van der Waals surface area contributed by atoms with Crippen molar-refractivity contribution >= 4 is 23.0 Å². The van der Waals surface area contributed by atoms with Crippen molar-refractivity contribution in [1.82, 2.24) is 10.3 Å². The molecule has 0 bridgehead atoms. The summed E-state index contributed by atoms with van der Waals surface area (Å²) in [5, 5.41) is 22.1. The quantitative estimate of drug-likeness (QED) is 0.512. The fourth-order valence-electron chi connectivity index (χ4n) is 2.84. The maximum Gasteiger partial charge on any atom is 0.407 e. The number of carbonyl (C=O) groups is 2. The van der Waals surface area contributed by atoms with E-state index in [0.717, 1.165) is 22.0 Å². The van der Waals surface area contributed by atoms with Crippen molar-refractivity contribution in [3.63, 3.8) is 0 Å². The van der Waals surface area contributed by atoms with Gasteiger partial charge in [0.2, 0.25) is 0 Å². The van der Waals surface area contributed by atoms with Crippen molar-refractivity contribution in [3.8, 4) is 0 Å². The van der Waals surface area contributed by atoms with Crippen LogP contribution in [0.15, 0.2) is 54.7 Å². The van der Waals surface area contributed by atoms with E-state index < -0.39 is 18.1 Å². The summed E-state index contributed by atoms with van der Waals surface area (Å²) in [7, 11) is 0. The topological polar surface area (TPSA) is 112 Å². The second kappa shape index (κ2) is 8.37. The number of aliphatic hydroxyl groups excluding tert-OH is 1. The average Bonchev–Trinajstić information content (AvgIpc) is 3.08. The van der Waals surface area contributed by atoms with E-state index >= 15 is 0 Å². The van der Waals surface area contributed by atoms with Crippen LogP contribution in [-0.4, -0.2) is 39.9 Å². The zero-order valence-corrected chi connectivity index (χ0v) is 14.5. The number of alkyl carbamates (subject to hydrolysis) is 1. The van der Waals surface area contributed by atoms with Gasteiger partial charge in [0.25, 0.3) is 0 Å². The summed E-state index contributed by atoms with van der Waals surface area (Å²) in [6.07, 6.45) is 1.46. The van der Waals surface area contributed by atoms with Crippen molar-refractivity contribution < 1.29 is 24.5 Å². The molecule has 140 valence electrons. The van der Waals surface area contributed by atoms with Crippen molar-refractivity contribution in [2.24, 2.45) is 0 Å². The van der Waals surface area contributed by atoms with Gasteiger partial charge < -0.3 is 25.3 Å². The molecule has 1 aromatic heterocycles. The Labute approximate surface area is 155 Å². The van der Waals surface area contributed by atoms with Crippen LogP contribution >= 0.6 is 0 Å². The molecule has 7 nitrogen and oxygen atoms in total. The van der Waals surface area contributed by atoms with E-state index in [-0.39, 0.29) is 18.8 Å². The van der Waals surface area contributed by atoms with Crippen molar-refractivity contribution in [3.05, 3.63) is 71.4 Å². The summed E-state index contributed by atoms with van der Waals surface area (Å²) in [4.78, 5) is 26.2. The fraction of sp³-hybridized carbons (Fsp3) is 0.200. The van der Waals surface area contributed by atoms with Crippen LogP contribution in [0.3, 0.4) is 0 Å². The summed E-state index contributed by atoms with van der Waals surface area (Å²) < 4.78 is 5.17. The minimum Gasteiger partial charge on any atom is -0.478 e. The molecule has 0 saturated heterocycles. The monoisotopic (exact) mass is 368 g/mol. The van der Waals surface area contributed by atoms with Crippen LogP contribution in [-0.2, 0) is 17.8 Å². The highest BCUT2D eigenvalue weighted by atomic mass is 16.5. The van der Waals surface area contributed by atoms with Crippen LogP contribution < -0.4 is 5.32 Å². The summed E-state index contributed by atoms with van der Waals surface area (Å²) in [5.74, 6) is -1.01. The first-order valence-electron chi connectivity index (χ1n) is 8.48. The molecule has 7 heteroatoms. The zero-order valence-electron chi connectivity index (χ0n) is 14.5. The fourth-order valence-corrected chi connectivity index (χ4v) is 2.84. The molecule has 0 unspecified atom stereocenters. The molecule has 27 heavy (non-hydrogen) atoms. The largest absolute Gasteiger partial charge is 0.478 e. The molecule has 1 atom stereocenters. The zero-order chi connectivity index (χ0) is 19.2. The number of carboxylic acids is 1. The summed E-state index contributed by atoms with van der Waals surface area (Å²) >= 11 is 0. The van der Waals surface area contributed by atoms with Gasteiger partial charge in [-0.05, 0) is 35.7 Å². The Bertz CT molecular complexity index is 936. The van der Waals surface area contributed by atoms with Crippen LogP contribution in [0.1, 0.15) is 21.5 Å². The Hall–Kier alpha value is -3.32. The lowest BCUT2D eigenvalue weighted by Crippen LogP contribution is -2.39. The van der Waals surface area contributed by atoms with Gasteiger partial charge in [-0.3, -0.25) is 0 Å². The third kappa shape index (κ3) is 4.65. The number of nitrogens with one attached hydrogen (secondary N) is 2. The number of aromatic nitrogens is 1. The van der Waals surface area contributed by atoms with Gasteiger partial charge >= 0.3 is 12.1 Å². The van der Waals surface area contributed by atoms with Gasteiger partial charge in [-0.15, -0.1) is 0 Å². The number of hydrogen-bond acceptors (Lipinski definition) is 4. The van der Waals surface area contributed by atoms with Crippen LogP contribution in [0.25, 0.3) is 10.9 Å². The highest BCUT2D eigenvalue weighted by molar-refractivity contribution is 5.94. The molecular formula is C20H20N2O5. The summed E-state index contributed by atoms with van der Waals surface area (Å²) in [5.41, 5.74) is 2.64. The normalized spacial score (nSPS) is 11.9. The minimum atomic E-state index is -1.01. The molecular weight excluding hydrogens is 348 g/mol. The van der Waals surface area contributed by atoms with Gasteiger partial charge in [-0.2, -0.15) is 0 Å². The first-order chi connectivity index (χ1) is 13.1. The number of fused-ring (bicyclic) bond motifs is 1. The minimum absolute atomic E-state index is 0.139.